The van der Waals surface area contributed by atoms with Crippen LogP contribution in [0.25, 0.3) is 0 Å². The number of oxime groups is 2. The smallest absolute Gasteiger partial charge is 0.437 e. The first-order chi connectivity index (χ1) is 29.7. The molecule has 16 nitrogen and oxygen atoms in total. The molecule has 0 aliphatic heterocycles. The molecule has 0 spiro atoms. The van der Waals surface area contributed by atoms with Crippen molar-refractivity contribution in [3.63, 3.8) is 0 Å². The van der Waals surface area contributed by atoms with E-state index in [1.165, 1.54) is 48.5 Å². The van der Waals surface area contributed by atoms with Gasteiger partial charge in [0.05, 0.1) is 14.2 Å². The minimum absolute atomic E-state index is 0.269. The normalized spacial score (nSPS) is 13.2. The Labute approximate surface area is 361 Å². The second-order valence-corrected chi connectivity index (χ2v) is 19.0. The molecule has 26 heteroatoms. The van der Waals surface area contributed by atoms with Crippen molar-refractivity contribution in [3.8, 4) is 23.0 Å². The Kier molecular flexibility index (Phi) is 14.0. The minimum Gasteiger partial charge on any atom is -0.493 e. The average molecular weight is 981 g/mol. The highest BCUT2D eigenvalue weighted by Gasteiger charge is 2.41. The summed E-state index contributed by atoms with van der Waals surface area (Å²) in [5, 5.41) is 5.42. The van der Waals surface area contributed by atoms with E-state index in [0.29, 0.717) is 48.5 Å². The highest BCUT2D eigenvalue weighted by molar-refractivity contribution is 7.87. The zero-order valence-electron chi connectivity index (χ0n) is 32.9. The van der Waals surface area contributed by atoms with Crippen LogP contribution in [-0.2, 0) is 49.0 Å². The fourth-order valence-electron chi connectivity index (χ4n) is 5.07. The van der Waals surface area contributed by atoms with Crippen molar-refractivity contribution in [2.24, 2.45) is 10.3 Å². The molecule has 0 heterocycles. The molecule has 5 aromatic rings. The molecule has 0 fully saturated rings. The van der Waals surface area contributed by atoms with Gasteiger partial charge in [0, 0.05) is 23.3 Å². The number of rotatable bonds is 16. The molecule has 0 saturated heterocycles. The molecule has 0 radical (unpaired) electrons. The van der Waals surface area contributed by atoms with E-state index >= 15 is 0 Å². The van der Waals surface area contributed by atoms with Crippen molar-refractivity contribution >= 4 is 51.9 Å². The van der Waals surface area contributed by atoms with Crippen molar-refractivity contribution in [1.82, 2.24) is 0 Å². The van der Waals surface area contributed by atoms with Crippen LogP contribution in [0.15, 0.2) is 139 Å². The number of ether oxygens (including phenoxy) is 2. The molecule has 342 valence electrons. The van der Waals surface area contributed by atoms with Crippen molar-refractivity contribution in [2.75, 3.05) is 14.2 Å². The van der Waals surface area contributed by atoms with Crippen LogP contribution >= 0.6 is 0 Å². The van der Waals surface area contributed by atoms with Gasteiger partial charge < -0.3 is 17.8 Å². The maximum absolute atomic E-state index is 14.2. The van der Waals surface area contributed by atoms with Crippen LogP contribution in [0, 0.1) is 13.8 Å². The highest BCUT2D eigenvalue weighted by Crippen LogP contribution is 2.35. The van der Waals surface area contributed by atoms with Crippen LogP contribution in [0.4, 0.5) is 26.3 Å². The summed E-state index contributed by atoms with van der Waals surface area (Å²) in [7, 11) is -17.4. The van der Waals surface area contributed by atoms with Crippen LogP contribution in [0.3, 0.4) is 0 Å². The van der Waals surface area contributed by atoms with E-state index in [4.69, 9.17) is 17.8 Å². The van der Waals surface area contributed by atoms with Crippen LogP contribution < -0.4 is 17.8 Å². The van der Waals surface area contributed by atoms with Gasteiger partial charge in [0.1, 0.15) is 19.6 Å². The molecule has 5 rings (SSSR count). The Morgan fingerprint density at radius 1 is 0.422 bits per heavy atom. The second-order valence-electron chi connectivity index (χ2n) is 12.8. The van der Waals surface area contributed by atoms with Gasteiger partial charge in [-0.2, -0.15) is 60.0 Å². The number of aryl methyl sites for hydroxylation is 2. The number of hydrogen-bond acceptors (Lipinski definition) is 16. The van der Waals surface area contributed by atoms with E-state index in [-0.39, 0.29) is 9.79 Å². The Balaban J connectivity index is 1.37. The van der Waals surface area contributed by atoms with Gasteiger partial charge in [-0.15, -0.1) is 0 Å². The van der Waals surface area contributed by atoms with E-state index in [2.05, 4.69) is 18.9 Å². The van der Waals surface area contributed by atoms with Crippen molar-refractivity contribution in [1.29, 1.82) is 0 Å². The van der Waals surface area contributed by atoms with Crippen molar-refractivity contribution in [2.45, 2.75) is 45.8 Å². The lowest BCUT2D eigenvalue weighted by Crippen LogP contribution is -2.26. The molecule has 0 aromatic heterocycles. The second kappa shape index (κ2) is 18.4. The molecule has 0 bridgehead atoms. The highest BCUT2D eigenvalue weighted by atomic mass is 32.2. The number of hydrogen-bond donors (Lipinski definition) is 0. The van der Waals surface area contributed by atoms with Gasteiger partial charge >= 0.3 is 52.8 Å². The quantitative estimate of drug-likeness (QED) is 0.0414. The van der Waals surface area contributed by atoms with E-state index in [1.807, 2.05) is 0 Å². The summed E-state index contributed by atoms with van der Waals surface area (Å²) in [4.78, 5) is -2.32. The topological polar surface area (TPSA) is 217 Å². The number of nitrogens with zero attached hydrogens (tertiary/aromatic N) is 2. The molecule has 5 aromatic carbocycles. The number of alkyl halides is 6. The number of halogens is 6. The van der Waals surface area contributed by atoms with Crippen LogP contribution in [0.5, 0.6) is 23.0 Å². The summed E-state index contributed by atoms with van der Waals surface area (Å²) in [6.07, 6.45) is -11.0. The first kappa shape index (κ1) is 48.6. The Bertz CT molecular complexity index is 2840. The monoisotopic (exact) mass is 980 g/mol. The lowest BCUT2D eigenvalue weighted by Gasteiger charge is -2.14. The third kappa shape index (κ3) is 11.6. The molecular weight excluding hydrogens is 951 g/mol. The van der Waals surface area contributed by atoms with Crippen molar-refractivity contribution < 1.29 is 86.4 Å². The summed E-state index contributed by atoms with van der Waals surface area (Å²) < 4.78 is 216. The van der Waals surface area contributed by atoms with Gasteiger partial charge in [-0.1, -0.05) is 70.0 Å². The first-order valence-electron chi connectivity index (χ1n) is 17.3. The van der Waals surface area contributed by atoms with Crippen LogP contribution in [-0.4, -0.2) is 71.7 Å². The van der Waals surface area contributed by atoms with E-state index in [0.717, 1.165) is 37.5 Å². The molecule has 0 aliphatic rings. The molecule has 64 heavy (non-hydrogen) atoms. The van der Waals surface area contributed by atoms with Gasteiger partial charge in [-0.05, 0) is 62.4 Å². The van der Waals surface area contributed by atoms with Gasteiger partial charge in [-0.25, -0.2) is 0 Å². The lowest BCUT2D eigenvalue weighted by atomic mass is 10.0. The first-order valence-corrected chi connectivity index (χ1v) is 23.0. The standard InChI is InChI=1S/C38H30F6N2O14S4/c1-23-5-13-27(14-6-23)61(47,48)57-31-19-17-29(21-33(31)55-3)63(51,52)59-45-35(37(39,40)41)25-9-11-26(12-10-25)36(38(42,43)44)46-60-64(53,54)30-18-20-32(34(22-30)56-4)58-62(49,50)28-15-7-24(2)8-16-28/h5-22H,1-4H3. The Hall–Kier alpha value is -6.38. The summed E-state index contributed by atoms with van der Waals surface area (Å²) in [6.45, 7) is 3.40. The van der Waals surface area contributed by atoms with Crippen LogP contribution in [0.1, 0.15) is 22.3 Å². The number of methoxy groups -OCH3 is 2. The fourth-order valence-corrected chi connectivity index (χ4v) is 8.44. The third-order valence-electron chi connectivity index (χ3n) is 8.29. The predicted molar refractivity (Wildman–Crippen MR) is 212 cm³/mol. The molecule has 0 unspecified atom stereocenters. The van der Waals surface area contributed by atoms with E-state index < -0.39 is 108 Å². The average Bonchev–Trinajstić information content (AvgIpc) is 3.20. The summed E-state index contributed by atoms with van der Waals surface area (Å²) >= 11 is 0. The Morgan fingerprint density at radius 2 is 0.719 bits per heavy atom. The zero-order chi connectivity index (χ0) is 47.5. The maximum atomic E-state index is 14.2. The summed E-state index contributed by atoms with van der Waals surface area (Å²) in [6, 6.07) is 16.9. The molecular formula is C38H30F6N2O14S4. The third-order valence-corrected chi connectivity index (χ3v) is 13.0. The van der Waals surface area contributed by atoms with Gasteiger partial charge in [0.2, 0.25) is 0 Å². The van der Waals surface area contributed by atoms with Crippen molar-refractivity contribution in [3.05, 3.63) is 131 Å². The van der Waals surface area contributed by atoms with Gasteiger partial charge in [-0.3, -0.25) is 8.57 Å². The molecule has 0 atom stereocenters. The largest absolute Gasteiger partial charge is 0.493 e. The maximum Gasteiger partial charge on any atom is 0.437 e. The molecule has 0 saturated carbocycles. The number of benzene rings is 5. The summed E-state index contributed by atoms with van der Waals surface area (Å²) in [5.74, 6) is -2.05. The SMILES string of the molecule is COc1cc(S(=O)(=O)ON=C(c2ccc(C(=NOS(=O)(=O)c3ccc(OS(=O)(=O)c4ccc(C)cc4)c(OC)c3)C(F)(F)F)cc2)C(F)(F)F)ccc1OS(=O)(=O)c1ccc(C)cc1. The molecule has 0 aliphatic carbocycles. The fraction of sp³-hybridized carbons (Fsp3) is 0.158. The van der Waals surface area contributed by atoms with E-state index in [1.54, 1.807) is 13.8 Å². The molecule has 0 amide bonds. The van der Waals surface area contributed by atoms with E-state index in [9.17, 15) is 60.0 Å². The van der Waals surface area contributed by atoms with Gasteiger partial charge in [0.15, 0.2) is 34.4 Å². The lowest BCUT2D eigenvalue weighted by molar-refractivity contribution is -0.0608. The van der Waals surface area contributed by atoms with Gasteiger partial charge in [0.25, 0.3) is 0 Å². The predicted octanol–water partition coefficient (Wildman–Crippen LogP) is 7.20. The van der Waals surface area contributed by atoms with Crippen LogP contribution in [0.2, 0.25) is 0 Å². The molecule has 0 N–H and O–H groups in total. The Morgan fingerprint density at radius 3 is 1.00 bits per heavy atom. The summed E-state index contributed by atoms with van der Waals surface area (Å²) in [5.41, 5.74) is -4.73. The minimum atomic E-state index is -5.50. The zero-order valence-corrected chi connectivity index (χ0v) is 36.2.